The van der Waals surface area contributed by atoms with Crippen LogP contribution in [0.3, 0.4) is 0 Å². The Morgan fingerprint density at radius 1 is 1.45 bits per heavy atom. The van der Waals surface area contributed by atoms with Crippen molar-refractivity contribution in [1.82, 2.24) is 10.2 Å². The molecule has 20 heavy (non-hydrogen) atoms. The van der Waals surface area contributed by atoms with Crippen LogP contribution >= 0.6 is 15.9 Å². The third-order valence-corrected chi connectivity index (χ3v) is 4.43. The largest absolute Gasteiger partial charge is 0.352 e. The zero-order chi connectivity index (χ0) is 14.4. The van der Waals surface area contributed by atoms with Crippen LogP contribution in [0.5, 0.6) is 0 Å². The van der Waals surface area contributed by atoms with Gasteiger partial charge in [-0.15, -0.1) is 0 Å². The van der Waals surface area contributed by atoms with Crippen LogP contribution in [0.2, 0.25) is 0 Å². The molecule has 0 aliphatic carbocycles. The quantitative estimate of drug-likeness (QED) is 0.834. The first-order valence-corrected chi connectivity index (χ1v) is 8.24. The second-order valence-corrected chi connectivity index (χ2v) is 6.42. The van der Waals surface area contributed by atoms with Gasteiger partial charge in [0.15, 0.2) is 0 Å². The molecule has 1 amide bonds. The molecule has 1 aromatic rings. The van der Waals surface area contributed by atoms with Gasteiger partial charge in [0.05, 0.1) is 0 Å². The van der Waals surface area contributed by atoms with Crippen molar-refractivity contribution < 1.29 is 4.79 Å². The number of nitrogens with zero attached hydrogens (tertiary/aromatic N) is 1. The number of rotatable bonds is 5. The van der Waals surface area contributed by atoms with Crippen molar-refractivity contribution >= 4 is 21.8 Å². The fourth-order valence-corrected chi connectivity index (χ4v) is 3.10. The Kier molecular flexibility index (Phi) is 6.05. The average molecular weight is 339 g/mol. The summed E-state index contributed by atoms with van der Waals surface area (Å²) in [5.41, 5.74) is 0.714. The lowest BCUT2D eigenvalue weighted by atomic mass is 10.0. The molecule has 2 rings (SSSR count). The van der Waals surface area contributed by atoms with Crippen molar-refractivity contribution in [3.8, 4) is 0 Å². The average Bonchev–Trinajstić information content (AvgIpc) is 2.45. The van der Waals surface area contributed by atoms with Crippen LogP contribution in [0.15, 0.2) is 28.7 Å². The van der Waals surface area contributed by atoms with Crippen LogP contribution in [0, 0.1) is 0 Å². The maximum absolute atomic E-state index is 12.0. The maximum atomic E-state index is 12.0. The molecule has 0 saturated carbocycles. The molecular formula is C16H23BrN2O. The van der Waals surface area contributed by atoms with Crippen molar-refractivity contribution in [2.75, 3.05) is 19.6 Å². The smallest absolute Gasteiger partial charge is 0.251 e. The minimum absolute atomic E-state index is 0.0120. The molecule has 110 valence electrons. The molecule has 1 aliphatic rings. The molecule has 1 fully saturated rings. The van der Waals surface area contributed by atoms with Crippen molar-refractivity contribution in [3.63, 3.8) is 0 Å². The standard InChI is InChI=1S/C16H23BrN2O/c1-13-6-2-3-10-19(13)11-5-9-18-16(20)14-7-4-8-15(17)12-14/h4,7-8,12-13H,2-3,5-6,9-11H2,1H3,(H,18,20). The summed E-state index contributed by atoms with van der Waals surface area (Å²) < 4.78 is 0.937. The monoisotopic (exact) mass is 338 g/mol. The highest BCUT2D eigenvalue weighted by atomic mass is 79.9. The fraction of sp³-hybridized carbons (Fsp3) is 0.562. The van der Waals surface area contributed by atoms with Crippen LogP contribution in [-0.4, -0.2) is 36.5 Å². The van der Waals surface area contributed by atoms with Crippen molar-refractivity contribution in [3.05, 3.63) is 34.3 Å². The summed E-state index contributed by atoms with van der Waals surface area (Å²) in [5.74, 6) is 0.0120. The van der Waals surface area contributed by atoms with Gasteiger partial charge in [0.2, 0.25) is 0 Å². The predicted molar refractivity (Wildman–Crippen MR) is 86.0 cm³/mol. The van der Waals surface area contributed by atoms with Gasteiger partial charge in [0.1, 0.15) is 0 Å². The van der Waals surface area contributed by atoms with Gasteiger partial charge in [-0.1, -0.05) is 28.4 Å². The van der Waals surface area contributed by atoms with E-state index in [1.54, 1.807) is 0 Å². The highest BCUT2D eigenvalue weighted by Crippen LogP contribution is 2.16. The molecule has 4 heteroatoms. The van der Waals surface area contributed by atoms with Crippen LogP contribution in [0.4, 0.5) is 0 Å². The van der Waals surface area contributed by atoms with Gasteiger partial charge in [-0.2, -0.15) is 0 Å². The number of amides is 1. The van der Waals surface area contributed by atoms with E-state index >= 15 is 0 Å². The normalized spacial score (nSPS) is 19.8. The van der Waals surface area contributed by atoms with Crippen molar-refractivity contribution in [2.45, 2.75) is 38.6 Å². The number of nitrogens with one attached hydrogen (secondary N) is 1. The van der Waals surface area contributed by atoms with E-state index in [1.165, 1.54) is 25.8 Å². The molecule has 1 saturated heterocycles. The van der Waals surface area contributed by atoms with Gasteiger partial charge < -0.3 is 10.2 Å². The molecule has 3 nitrogen and oxygen atoms in total. The van der Waals surface area contributed by atoms with Gasteiger partial charge in [-0.25, -0.2) is 0 Å². The van der Waals surface area contributed by atoms with Crippen LogP contribution in [0.25, 0.3) is 0 Å². The lowest BCUT2D eigenvalue weighted by Gasteiger charge is -2.33. The van der Waals surface area contributed by atoms with Gasteiger partial charge in [0.25, 0.3) is 5.91 Å². The second-order valence-electron chi connectivity index (χ2n) is 5.50. The molecule has 1 aromatic carbocycles. The lowest BCUT2D eigenvalue weighted by Crippen LogP contribution is -2.39. The van der Waals surface area contributed by atoms with Gasteiger partial charge in [0, 0.05) is 29.2 Å². The number of hydrogen-bond acceptors (Lipinski definition) is 2. The summed E-state index contributed by atoms with van der Waals surface area (Å²) in [5, 5.41) is 2.99. The molecule has 1 atom stereocenters. The van der Waals surface area contributed by atoms with E-state index < -0.39 is 0 Å². The number of piperidine rings is 1. The van der Waals surface area contributed by atoms with Gasteiger partial charge in [-0.05, 0) is 50.9 Å². The fourth-order valence-electron chi connectivity index (χ4n) is 2.71. The van der Waals surface area contributed by atoms with Crippen LogP contribution < -0.4 is 5.32 Å². The number of benzene rings is 1. The van der Waals surface area contributed by atoms with Crippen molar-refractivity contribution in [2.24, 2.45) is 0 Å². The molecule has 0 spiro atoms. The Balaban J connectivity index is 1.69. The SMILES string of the molecule is CC1CCCCN1CCCNC(=O)c1cccc(Br)c1. The molecule has 1 heterocycles. The Hall–Kier alpha value is -0.870. The third kappa shape index (κ3) is 4.60. The predicted octanol–water partition coefficient (Wildman–Crippen LogP) is 3.44. The zero-order valence-electron chi connectivity index (χ0n) is 12.1. The number of hydrogen-bond donors (Lipinski definition) is 1. The van der Waals surface area contributed by atoms with E-state index in [0.29, 0.717) is 11.6 Å². The highest BCUT2D eigenvalue weighted by molar-refractivity contribution is 9.10. The second kappa shape index (κ2) is 7.79. The van der Waals surface area contributed by atoms with E-state index in [2.05, 4.69) is 33.1 Å². The number of likely N-dealkylation sites (tertiary alicyclic amines) is 1. The zero-order valence-corrected chi connectivity index (χ0v) is 13.7. The molecule has 1 unspecified atom stereocenters. The van der Waals surface area contributed by atoms with E-state index in [-0.39, 0.29) is 5.91 Å². The van der Waals surface area contributed by atoms with E-state index in [4.69, 9.17) is 0 Å². The summed E-state index contributed by atoms with van der Waals surface area (Å²) in [6, 6.07) is 8.20. The van der Waals surface area contributed by atoms with E-state index in [0.717, 1.165) is 24.0 Å². The summed E-state index contributed by atoms with van der Waals surface area (Å²) >= 11 is 3.38. The number of halogens is 1. The summed E-state index contributed by atoms with van der Waals surface area (Å²) in [6.07, 6.45) is 5.00. The van der Waals surface area contributed by atoms with Crippen molar-refractivity contribution in [1.29, 1.82) is 0 Å². The molecule has 0 bridgehead atoms. The van der Waals surface area contributed by atoms with E-state index in [1.807, 2.05) is 24.3 Å². The Morgan fingerprint density at radius 2 is 2.30 bits per heavy atom. The molecule has 1 aliphatic heterocycles. The van der Waals surface area contributed by atoms with Crippen LogP contribution in [-0.2, 0) is 0 Å². The Bertz CT molecular complexity index is 450. The summed E-state index contributed by atoms with van der Waals surface area (Å²) in [4.78, 5) is 14.5. The van der Waals surface area contributed by atoms with Crippen LogP contribution in [0.1, 0.15) is 43.0 Å². The first-order chi connectivity index (χ1) is 9.66. The molecule has 0 radical (unpaired) electrons. The minimum Gasteiger partial charge on any atom is -0.352 e. The van der Waals surface area contributed by atoms with Gasteiger partial charge in [-0.3, -0.25) is 4.79 Å². The topological polar surface area (TPSA) is 32.3 Å². The summed E-state index contributed by atoms with van der Waals surface area (Å²) in [7, 11) is 0. The molecule has 0 aromatic heterocycles. The number of carbonyl (C=O) groups is 1. The minimum atomic E-state index is 0.0120. The molecule has 1 N–H and O–H groups in total. The third-order valence-electron chi connectivity index (χ3n) is 3.94. The maximum Gasteiger partial charge on any atom is 0.251 e. The lowest BCUT2D eigenvalue weighted by molar-refractivity contribution is 0.0949. The van der Waals surface area contributed by atoms with E-state index in [9.17, 15) is 4.79 Å². The highest BCUT2D eigenvalue weighted by Gasteiger charge is 2.17. The summed E-state index contributed by atoms with van der Waals surface area (Å²) in [6.45, 7) is 5.34. The number of carbonyl (C=O) groups excluding carboxylic acids is 1. The Labute approximate surface area is 129 Å². The first-order valence-electron chi connectivity index (χ1n) is 7.44. The van der Waals surface area contributed by atoms with Gasteiger partial charge >= 0.3 is 0 Å². The Morgan fingerprint density at radius 3 is 3.05 bits per heavy atom. The first kappa shape index (κ1) is 15.5. The molecular weight excluding hydrogens is 316 g/mol.